The van der Waals surface area contributed by atoms with Gasteiger partial charge in [0.2, 0.25) is 17.7 Å². The van der Waals surface area contributed by atoms with Gasteiger partial charge in [-0.3, -0.25) is 14.4 Å². The third kappa shape index (κ3) is 7.44. The van der Waals surface area contributed by atoms with Gasteiger partial charge in [0.05, 0.1) is 12.1 Å². The summed E-state index contributed by atoms with van der Waals surface area (Å²) in [5, 5.41) is 27.3. The molecule has 2 aromatic rings. The van der Waals surface area contributed by atoms with Gasteiger partial charge in [0.15, 0.2) is 0 Å². The number of para-hydroxylation sites is 1. The topological polar surface area (TPSA) is 187 Å². The Morgan fingerprint density at radius 1 is 1.00 bits per heavy atom. The highest BCUT2D eigenvalue weighted by Gasteiger charge is 2.33. The molecule has 8 N–H and O–H groups in total. The third-order valence-electron chi connectivity index (χ3n) is 5.56. The maximum Gasteiger partial charge on any atom is 0.327 e. The number of carbonyl (C=O) groups excluding carboxylic acids is 3. The molecule has 3 amide bonds. The number of aromatic amines is 1. The summed E-state index contributed by atoms with van der Waals surface area (Å²) in [6.45, 7) is 4.68. The van der Waals surface area contributed by atoms with Crippen LogP contribution in [0, 0.1) is 5.92 Å². The van der Waals surface area contributed by atoms with Crippen molar-refractivity contribution >= 4 is 47.2 Å². The van der Waals surface area contributed by atoms with Crippen LogP contribution >= 0.6 is 12.6 Å². The van der Waals surface area contributed by atoms with Crippen molar-refractivity contribution in [3.8, 4) is 0 Å². The highest BCUT2D eigenvalue weighted by atomic mass is 32.1. The Hall–Kier alpha value is -3.09. The van der Waals surface area contributed by atoms with E-state index >= 15 is 0 Å². The average molecular weight is 508 g/mol. The van der Waals surface area contributed by atoms with Gasteiger partial charge >= 0.3 is 5.97 Å². The summed E-state index contributed by atoms with van der Waals surface area (Å²) < 4.78 is 0. The van der Waals surface area contributed by atoms with Crippen LogP contribution in [0.2, 0.25) is 0 Å². The number of aromatic nitrogens is 1. The maximum atomic E-state index is 12.9. The molecule has 0 aliphatic rings. The Morgan fingerprint density at radius 3 is 2.17 bits per heavy atom. The number of fused-ring (bicyclic) bond motifs is 1. The summed E-state index contributed by atoms with van der Waals surface area (Å²) >= 11 is 3.88. The molecule has 0 bridgehead atoms. The Labute approximate surface area is 208 Å². The highest BCUT2D eigenvalue weighted by Crippen LogP contribution is 2.19. The molecule has 35 heavy (non-hydrogen) atoms. The van der Waals surface area contributed by atoms with E-state index in [1.807, 2.05) is 24.3 Å². The van der Waals surface area contributed by atoms with Crippen molar-refractivity contribution in [2.24, 2.45) is 11.7 Å². The maximum absolute atomic E-state index is 12.9. The molecule has 0 aliphatic heterocycles. The molecular weight excluding hydrogens is 474 g/mol. The zero-order valence-electron chi connectivity index (χ0n) is 19.8. The van der Waals surface area contributed by atoms with Crippen LogP contribution in [-0.4, -0.2) is 74.9 Å². The monoisotopic (exact) mass is 507 g/mol. The molecule has 2 rings (SSSR count). The van der Waals surface area contributed by atoms with E-state index in [4.69, 9.17) is 10.8 Å². The summed E-state index contributed by atoms with van der Waals surface area (Å²) in [7, 11) is 0. The Kier molecular flexibility index (Phi) is 10.1. The second kappa shape index (κ2) is 12.6. The lowest BCUT2D eigenvalue weighted by Gasteiger charge is -2.28. The van der Waals surface area contributed by atoms with Gasteiger partial charge in [0.25, 0.3) is 0 Å². The van der Waals surface area contributed by atoms with Crippen LogP contribution in [0.1, 0.15) is 26.3 Å². The zero-order valence-corrected chi connectivity index (χ0v) is 20.7. The molecule has 1 aromatic carbocycles. The molecule has 0 spiro atoms. The number of aliphatic hydroxyl groups excluding tert-OH is 1. The molecule has 11 nitrogen and oxygen atoms in total. The van der Waals surface area contributed by atoms with Gasteiger partial charge in [-0.15, -0.1) is 0 Å². The van der Waals surface area contributed by atoms with Crippen LogP contribution in [-0.2, 0) is 25.6 Å². The predicted octanol–water partition coefficient (Wildman–Crippen LogP) is -0.457. The zero-order chi connectivity index (χ0) is 26.3. The lowest BCUT2D eigenvalue weighted by molar-refractivity contribution is -0.142. The number of carboxylic acids is 1. The Morgan fingerprint density at radius 2 is 1.60 bits per heavy atom. The molecule has 192 valence electrons. The first-order chi connectivity index (χ1) is 16.5. The molecule has 12 heteroatoms. The number of aliphatic hydroxyl groups is 1. The second-order valence-corrected chi connectivity index (χ2v) is 9.07. The van der Waals surface area contributed by atoms with Crippen molar-refractivity contribution < 1.29 is 29.4 Å². The first-order valence-corrected chi connectivity index (χ1v) is 11.8. The molecule has 5 atom stereocenters. The molecule has 0 saturated carbocycles. The summed E-state index contributed by atoms with van der Waals surface area (Å²) in [5.74, 6) is -4.02. The first-order valence-electron chi connectivity index (χ1n) is 11.2. The Bertz CT molecular complexity index is 1060. The van der Waals surface area contributed by atoms with Crippen molar-refractivity contribution in [3.63, 3.8) is 0 Å². The average Bonchev–Trinajstić information content (AvgIpc) is 3.20. The number of hydrogen-bond donors (Lipinski definition) is 8. The van der Waals surface area contributed by atoms with Gasteiger partial charge in [-0.1, -0.05) is 32.0 Å². The molecule has 1 heterocycles. The van der Waals surface area contributed by atoms with E-state index in [9.17, 15) is 24.3 Å². The van der Waals surface area contributed by atoms with E-state index in [0.29, 0.717) is 0 Å². The van der Waals surface area contributed by atoms with Crippen LogP contribution < -0.4 is 21.7 Å². The summed E-state index contributed by atoms with van der Waals surface area (Å²) in [5.41, 5.74) is 7.89. The van der Waals surface area contributed by atoms with Gasteiger partial charge in [-0.2, -0.15) is 12.6 Å². The van der Waals surface area contributed by atoms with Crippen molar-refractivity contribution in [3.05, 3.63) is 36.0 Å². The van der Waals surface area contributed by atoms with E-state index in [0.717, 1.165) is 16.5 Å². The first kappa shape index (κ1) is 28.1. The standard InChI is InChI=1S/C23H33N5O6S/c1-11(2)18(21(31)28-19(12(3)29)22(32)26-17(10-35)23(33)34)27-20(30)15(24)8-13-9-25-16-7-5-4-6-14(13)16/h4-7,9,11-12,15,17-19,25,29,35H,8,10,24H2,1-3H3,(H,26,32)(H,27,30)(H,28,31)(H,33,34). The van der Waals surface area contributed by atoms with Crippen molar-refractivity contribution in [1.29, 1.82) is 0 Å². The van der Waals surface area contributed by atoms with Crippen molar-refractivity contribution in [1.82, 2.24) is 20.9 Å². The fourth-order valence-electron chi connectivity index (χ4n) is 3.52. The highest BCUT2D eigenvalue weighted by molar-refractivity contribution is 7.80. The predicted molar refractivity (Wildman–Crippen MR) is 134 cm³/mol. The minimum Gasteiger partial charge on any atom is -0.480 e. The van der Waals surface area contributed by atoms with E-state index in [2.05, 4.69) is 33.6 Å². The van der Waals surface area contributed by atoms with Crippen molar-refractivity contribution in [2.45, 2.75) is 57.5 Å². The lowest BCUT2D eigenvalue weighted by atomic mass is 10.00. The Balaban J connectivity index is 2.07. The number of nitrogens with one attached hydrogen (secondary N) is 4. The number of carboxylic acid groups (broad SMARTS) is 1. The van der Waals surface area contributed by atoms with E-state index in [1.54, 1.807) is 20.0 Å². The number of carbonyl (C=O) groups is 4. The normalized spacial score (nSPS) is 15.6. The fraction of sp³-hybridized carbons (Fsp3) is 0.478. The van der Waals surface area contributed by atoms with Gasteiger partial charge in [0.1, 0.15) is 18.1 Å². The van der Waals surface area contributed by atoms with Gasteiger partial charge in [-0.25, -0.2) is 4.79 Å². The number of aliphatic carboxylic acids is 1. The number of hydrogen-bond acceptors (Lipinski definition) is 7. The number of rotatable bonds is 12. The molecule has 0 fully saturated rings. The largest absolute Gasteiger partial charge is 0.480 e. The molecule has 0 aliphatic carbocycles. The lowest BCUT2D eigenvalue weighted by Crippen LogP contribution is -2.61. The fourth-order valence-corrected chi connectivity index (χ4v) is 3.77. The van der Waals surface area contributed by atoms with Gasteiger partial charge in [0, 0.05) is 22.9 Å². The van der Waals surface area contributed by atoms with Gasteiger partial charge < -0.3 is 36.9 Å². The number of thiol groups is 1. The number of H-pyrrole nitrogens is 1. The summed E-state index contributed by atoms with van der Waals surface area (Å²) in [4.78, 5) is 52.6. The summed E-state index contributed by atoms with van der Waals surface area (Å²) in [6.07, 6.45) is 0.688. The minimum absolute atomic E-state index is 0.180. The van der Waals surface area contributed by atoms with Gasteiger partial charge in [-0.05, 0) is 30.9 Å². The van der Waals surface area contributed by atoms with Crippen molar-refractivity contribution in [2.75, 3.05) is 5.75 Å². The quantitative estimate of drug-likeness (QED) is 0.179. The molecule has 0 saturated heterocycles. The van der Waals surface area contributed by atoms with Crippen LogP contribution in [0.15, 0.2) is 30.5 Å². The molecular formula is C23H33N5O6S. The number of amides is 3. The second-order valence-electron chi connectivity index (χ2n) is 8.71. The van der Waals surface area contributed by atoms with Crippen LogP contribution in [0.4, 0.5) is 0 Å². The minimum atomic E-state index is -1.44. The van der Waals surface area contributed by atoms with E-state index in [-0.39, 0.29) is 18.1 Å². The molecule has 1 aromatic heterocycles. The van der Waals surface area contributed by atoms with E-state index in [1.165, 1.54) is 6.92 Å². The van der Waals surface area contributed by atoms with Crippen LogP contribution in [0.5, 0.6) is 0 Å². The number of nitrogens with two attached hydrogens (primary N) is 1. The number of benzene rings is 1. The third-order valence-corrected chi connectivity index (χ3v) is 5.92. The van der Waals surface area contributed by atoms with Crippen LogP contribution in [0.25, 0.3) is 10.9 Å². The molecule has 5 unspecified atom stereocenters. The van der Waals surface area contributed by atoms with E-state index < -0.39 is 54.0 Å². The molecule has 0 radical (unpaired) electrons. The smallest absolute Gasteiger partial charge is 0.327 e. The summed E-state index contributed by atoms with van der Waals surface area (Å²) in [6, 6.07) is 2.87. The van der Waals surface area contributed by atoms with Crippen LogP contribution in [0.3, 0.4) is 0 Å². The SMILES string of the molecule is CC(C)C(NC(=O)C(N)Cc1c[nH]c2ccccc12)C(=O)NC(C(=O)NC(CS)C(=O)O)C(C)O.